The van der Waals surface area contributed by atoms with E-state index in [1.54, 1.807) is 0 Å². The lowest BCUT2D eigenvalue weighted by Crippen LogP contribution is -2.44. The third-order valence-electron chi connectivity index (χ3n) is 4.90. The van der Waals surface area contributed by atoms with Crippen LogP contribution in [0.25, 0.3) is 0 Å². The number of thiocarbonyl (C=S) groups is 1. The molecule has 1 aliphatic heterocycles. The fraction of sp³-hybridized carbons (Fsp3) is 0.227. The molecule has 0 aliphatic carbocycles. The van der Waals surface area contributed by atoms with E-state index in [1.807, 2.05) is 49.4 Å². The molecule has 1 aromatic heterocycles. The molecule has 28 heavy (non-hydrogen) atoms. The van der Waals surface area contributed by atoms with Crippen LogP contribution in [0, 0.1) is 5.82 Å². The summed E-state index contributed by atoms with van der Waals surface area (Å²) in [4.78, 5) is 2.16. The maximum absolute atomic E-state index is 13.5. The van der Waals surface area contributed by atoms with Crippen LogP contribution >= 0.6 is 12.2 Å². The van der Waals surface area contributed by atoms with Crippen LogP contribution in [0.4, 0.5) is 10.1 Å². The van der Waals surface area contributed by atoms with Crippen LogP contribution in [0.1, 0.15) is 24.2 Å². The number of hydrogen-bond acceptors (Lipinski definition) is 2. The highest BCUT2D eigenvalue weighted by Crippen LogP contribution is 2.33. The largest absolute Gasteiger partial charge is 0.494 e. The van der Waals surface area contributed by atoms with E-state index in [-0.39, 0.29) is 11.9 Å². The second kappa shape index (κ2) is 8.02. The minimum Gasteiger partial charge on any atom is -0.494 e. The van der Waals surface area contributed by atoms with Crippen LogP contribution in [-0.4, -0.2) is 27.7 Å². The van der Waals surface area contributed by atoms with E-state index >= 15 is 0 Å². The molecule has 2 heterocycles. The minimum absolute atomic E-state index is 0.0629. The van der Waals surface area contributed by atoms with Crippen molar-refractivity contribution in [2.45, 2.75) is 19.5 Å². The Morgan fingerprint density at radius 1 is 1.11 bits per heavy atom. The number of halogens is 1. The summed E-state index contributed by atoms with van der Waals surface area (Å²) in [6.45, 7) is 4.22. The summed E-state index contributed by atoms with van der Waals surface area (Å²) in [5.74, 6) is 0.593. The van der Waals surface area contributed by atoms with Gasteiger partial charge in [-0.25, -0.2) is 4.39 Å². The van der Waals surface area contributed by atoms with E-state index in [2.05, 4.69) is 27.0 Å². The summed E-state index contributed by atoms with van der Waals surface area (Å²) in [5, 5.41) is 3.98. The summed E-state index contributed by atoms with van der Waals surface area (Å²) < 4.78 is 21.2. The van der Waals surface area contributed by atoms with Gasteiger partial charge in [-0.15, -0.1) is 0 Å². The first-order valence-electron chi connectivity index (χ1n) is 9.36. The van der Waals surface area contributed by atoms with Crippen molar-refractivity contribution < 1.29 is 9.13 Å². The Labute approximate surface area is 169 Å². The predicted octanol–water partition coefficient (Wildman–Crippen LogP) is 4.83. The van der Waals surface area contributed by atoms with Crippen molar-refractivity contribution in [2.75, 3.05) is 18.5 Å². The molecule has 0 amide bonds. The van der Waals surface area contributed by atoms with E-state index in [9.17, 15) is 4.39 Å². The maximum Gasteiger partial charge on any atom is 0.174 e. The molecule has 4 rings (SSSR count). The average Bonchev–Trinajstić information content (AvgIpc) is 3.18. The van der Waals surface area contributed by atoms with Crippen molar-refractivity contribution in [3.05, 3.63) is 83.9 Å². The second-order valence-electron chi connectivity index (χ2n) is 6.66. The molecule has 2 aromatic carbocycles. The quantitative estimate of drug-likeness (QED) is 0.641. The lowest BCUT2D eigenvalue weighted by atomic mass is 10.0. The zero-order valence-corrected chi connectivity index (χ0v) is 16.5. The van der Waals surface area contributed by atoms with Gasteiger partial charge in [0.25, 0.3) is 0 Å². The summed E-state index contributed by atoms with van der Waals surface area (Å²) in [6.07, 6.45) is 2.08. The van der Waals surface area contributed by atoms with Gasteiger partial charge in [-0.1, -0.05) is 12.1 Å². The normalized spacial score (nSPS) is 15.8. The highest BCUT2D eigenvalue weighted by Gasteiger charge is 2.30. The smallest absolute Gasteiger partial charge is 0.174 e. The third-order valence-corrected chi connectivity index (χ3v) is 5.24. The van der Waals surface area contributed by atoms with Gasteiger partial charge in [0.05, 0.1) is 12.6 Å². The number of rotatable bonds is 4. The monoisotopic (exact) mass is 395 g/mol. The number of hydrogen-bond donors (Lipinski definition) is 1. The number of anilines is 1. The van der Waals surface area contributed by atoms with Crippen LogP contribution < -0.4 is 10.1 Å². The van der Waals surface area contributed by atoms with Crippen molar-refractivity contribution in [3.63, 3.8) is 0 Å². The van der Waals surface area contributed by atoms with E-state index in [0.717, 1.165) is 35.8 Å². The Morgan fingerprint density at radius 2 is 1.86 bits per heavy atom. The molecule has 0 spiro atoms. The van der Waals surface area contributed by atoms with Crippen molar-refractivity contribution in [1.82, 2.24) is 9.47 Å². The summed E-state index contributed by atoms with van der Waals surface area (Å²) >= 11 is 5.75. The minimum atomic E-state index is -0.239. The molecular weight excluding hydrogens is 373 g/mol. The van der Waals surface area contributed by atoms with Crippen molar-refractivity contribution in [2.24, 2.45) is 0 Å². The molecule has 0 unspecified atom stereocenters. The highest BCUT2D eigenvalue weighted by atomic mass is 32.1. The molecule has 0 fully saturated rings. The van der Waals surface area contributed by atoms with Crippen LogP contribution in [0.15, 0.2) is 66.9 Å². The standard InChI is InChI=1S/C22H22FN3OS/c1-2-27-19-11-9-18(10-12-19)24-22(28)26-15-14-25-13-3-4-20(25)21(26)16-5-7-17(23)8-6-16/h3-13,21H,2,14-15H2,1H3,(H,24,28)/t21-/m1/s1. The van der Waals surface area contributed by atoms with Crippen molar-refractivity contribution in [3.8, 4) is 5.75 Å². The summed E-state index contributed by atoms with van der Waals surface area (Å²) in [5.41, 5.74) is 3.07. The van der Waals surface area contributed by atoms with Gasteiger partial charge >= 0.3 is 0 Å². The Bertz CT molecular complexity index is 953. The number of nitrogens with one attached hydrogen (secondary N) is 1. The topological polar surface area (TPSA) is 29.4 Å². The molecule has 0 radical (unpaired) electrons. The first-order chi connectivity index (χ1) is 13.7. The molecule has 144 valence electrons. The molecule has 0 saturated heterocycles. The Morgan fingerprint density at radius 3 is 2.57 bits per heavy atom. The molecule has 1 atom stereocenters. The number of nitrogens with zero attached hydrogens (tertiary/aromatic N) is 2. The molecule has 0 bridgehead atoms. The Hall–Kier alpha value is -2.86. The molecule has 3 aromatic rings. The Kier molecular flexibility index (Phi) is 5.30. The number of fused-ring (bicyclic) bond motifs is 1. The molecule has 6 heteroatoms. The van der Waals surface area contributed by atoms with Gasteiger partial charge in [-0.3, -0.25) is 0 Å². The zero-order chi connectivity index (χ0) is 19.5. The van der Waals surface area contributed by atoms with Crippen LogP contribution in [0.3, 0.4) is 0 Å². The lowest BCUT2D eigenvalue weighted by Gasteiger charge is -2.39. The SMILES string of the molecule is CCOc1ccc(NC(=S)N2CCn3cccc3[C@H]2c2ccc(F)cc2)cc1. The van der Waals surface area contributed by atoms with E-state index < -0.39 is 0 Å². The summed E-state index contributed by atoms with van der Waals surface area (Å²) in [6, 6.07) is 18.5. The number of aromatic nitrogens is 1. The van der Waals surface area contributed by atoms with Gasteiger partial charge < -0.3 is 19.5 Å². The van der Waals surface area contributed by atoms with E-state index in [4.69, 9.17) is 17.0 Å². The predicted molar refractivity (Wildman–Crippen MR) is 113 cm³/mol. The average molecular weight is 396 g/mol. The number of benzene rings is 2. The van der Waals surface area contributed by atoms with Gasteiger partial charge in [0.1, 0.15) is 11.6 Å². The first kappa shape index (κ1) is 18.5. The van der Waals surface area contributed by atoms with Crippen LogP contribution in [0.5, 0.6) is 5.75 Å². The fourth-order valence-electron chi connectivity index (χ4n) is 3.59. The van der Waals surface area contributed by atoms with Crippen molar-refractivity contribution >= 4 is 23.0 Å². The Balaban J connectivity index is 1.59. The van der Waals surface area contributed by atoms with Gasteiger partial charge in [0.15, 0.2) is 5.11 Å². The van der Waals surface area contributed by atoms with Gasteiger partial charge in [-0.05, 0) is 73.2 Å². The zero-order valence-electron chi connectivity index (χ0n) is 15.6. The molecule has 0 saturated carbocycles. The van der Waals surface area contributed by atoms with Gasteiger partial charge in [-0.2, -0.15) is 0 Å². The van der Waals surface area contributed by atoms with Gasteiger partial charge in [0, 0.05) is 30.7 Å². The molecule has 1 aliphatic rings. The maximum atomic E-state index is 13.5. The second-order valence-corrected chi connectivity index (χ2v) is 7.05. The van der Waals surface area contributed by atoms with Crippen molar-refractivity contribution in [1.29, 1.82) is 0 Å². The van der Waals surface area contributed by atoms with E-state index in [0.29, 0.717) is 11.7 Å². The summed E-state index contributed by atoms with van der Waals surface area (Å²) in [7, 11) is 0. The van der Waals surface area contributed by atoms with Crippen LogP contribution in [0.2, 0.25) is 0 Å². The van der Waals surface area contributed by atoms with Gasteiger partial charge in [0.2, 0.25) is 0 Å². The third kappa shape index (κ3) is 3.73. The lowest BCUT2D eigenvalue weighted by molar-refractivity contribution is 0.293. The molecule has 4 nitrogen and oxygen atoms in total. The molecular formula is C22H22FN3OS. The van der Waals surface area contributed by atoms with E-state index in [1.165, 1.54) is 12.1 Å². The van der Waals surface area contributed by atoms with Crippen LogP contribution in [-0.2, 0) is 6.54 Å². The number of ether oxygens (including phenoxy) is 1. The first-order valence-corrected chi connectivity index (χ1v) is 9.77. The highest BCUT2D eigenvalue weighted by molar-refractivity contribution is 7.80. The fourth-order valence-corrected chi connectivity index (χ4v) is 3.91. The molecule has 1 N–H and O–H groups in total.